The van der Waals surface area contributed by atoms with E-state index in [1.54, 1.807) is 22.9 Å². The number of hydroxylamine groups is 2. The average Bonchev–Trinajstić information content (AvgIpc) is 3.15. The normalized spacial score (nSPS) is 13.0. The molecule has 3 aromatic rings. The quantitative estimate of drug-likeness (QED) is 0.657. The number of amides is 2. The van der Waals surface area contributed by atoms with Crippen molar-refractivity contribution in [1.29, 1.82) is 0 Å². The van der Waals surface area contributed by atoms with Gasteiger partial charge in [-0.3, -0.25) is 9.59 Å². The fraction of sp³-hybridized carbons (Fsp3) is 0.143. The minimum absolute atomic E-state index is 0.00761. The number of aromatic nitrogens is 2. The molecule has 7 heteroatoms. The lowest BCUT2D eigenvalue weighted by molar-refractivity contribution is -0.0588. The third-order valence-corrected chi connectivity index (χ3v) is 4.48. The number of aryl methyl sites for hydroxylation is 3. The predicted molar refractivity (Wildman–Crippen MR) is 100 cm³/mol. The topological polar surface area (TPSA) is 81.5 Å². The van der Waals surface area contributed by atoms with E-state index in [0.29, 0.717) is 5.06 Å². The molecule has 0 atom stereocenters. The molecule has 0 unspecified atom stereocenters. The standard InChI is InChI=1S/C21H17N3O4/c1-12-8-13(2)10-15(9-12)23-14(3)11-18(22-23)21(27)28-24-19(25)16-6-4-5-7-17(16)20(24)26/h4-11H,1-3H3. The van der Waals surface area contributed by atoms with E-state index in [2.05, 4.69) is 5.10 Å². The lowest BCUT2D eigenvalue weighted by Crippen LogP contribution is -2.32. The van der Waals surface area contributed by atoms with Gasteiger partial charge in [-0.05, 0) is 62.2 Å². The van der Waals surface area contributed by atoms with Crippen LogP contribution < -0.4 is 0 Å². The third kappa shape index (κ3) is 2.87. The number of benzene rings is 2. The van der Waals surface area contributed by atoms with Crippen LogP contribution in [-0.2, 0) is 4.84 Å². The summed E-state index contributed by atoms with van der Waals surface area (Å²) < 4.78 is 1.62. The maximum atomic E-state index is 12.5. The van der Waals surface area contributed by atoms with E-state index in [1.165, 1.54) is 12.1 Å². The van der Waals surface area contributed by atoms with E-state index in [9.17, 15) is 14.4 Å². The largest absolute Gasteiger partial charge is 0.384 e. The molecule has 4 rings (SSSR count). The number of imide groups is 1. The Hall–Kier alpha value is -3.74. The highest BCUT2D eigenvalue weighted by atomic mass is 16.7. The van der Waals surface area contributed by atoms with E-state index < -0.39 is 17.8 Å². The van der Waals surface area contributed by atoms with Crippen LogP contribution in [-0.4, -0.2) is 32.6 Å². The molecule has 0 saturated heterocycles. The van der Waals surface area contributed by atoms with Crippen LogP contribution in [0.2, 0.25) is 0 Å². The number of fused-ring (bicyclic) bond motifs is 1. The molecule has 1 aromatic heterocycles. The van der Waals surface area contributed by atoms with Crippen LogP contribution in [0.25, 0.3) is 5.69 Å². The van der Waals surface area contributed by atoms with Crippen molar-refractivity contribution in [3.8, 4) is 5.69 Å². The Morgan fingerprint density at radius 2 is 1.46 bits per heavy atom. The highest BCUT2D eigenvalue weighted by Gasteiger charge is 2.39. The highest BCUT2D eigenvalue weighted by molar-refractivity contribution is 6.21. The maximum Gasteiger partial charge on any atom is 0.384 e. The van der Waals surface area contributed by atoms with Gasteiger partial charge in [0.25, 0.3) is 11.8 Å². The summed E-state index contributed by atoms with van der Waals surface area (Å²) in [5, 5.41) is 4.78. The van der Waals surface area contributed by atoms with Crippen molar-refractivity contribution in [2.45, 2.75) is 20.8 Å². The maximum absolute atomic E-state index is 12.5. The summed E-state index contributed by atoms with van der Waals surface area (Å²) in [6.45, 7) is 5.77. The van der Waals surface area contributed by atoms with E-state index in [1.807, 2.05) is 39.0 Å². The first-order chi connectivity index (χ1) is 13.3. The molecule has 0 saturated carbocycles. The van der Waals surface area contributed by atoms with Crippen LogP contribution in [0, 0.1) is 20.8 Å². The van der Waals surface area contributed by atoms with Gasteiger partial charge in [0.2, 0.25) is 0 Å². The Morgan fingerprint density at radius 3 is 2.04 bits per heavy atom. The molecule has 0 fully saturated rings. The monoisotopic (exact) mass is 375 g/mol. The van der Waals surface area contributed by atoms with Crippen LogP contribution >= 0.6 is 0 Å². The number of rotatable bonds is 3. The average molecular weight is 375 g/mol. The van der Waals surface area contributed by atoms with Gasteiger partial charge in [0, 0.05) is 5.69 Å². The van der Waals surface area contributed by atoms with E-state index in [-0.39, 0.29) is 16.8 Å². The molecule has 0 spiro atoms. The van der Waals surface area contributed by atoms with Gasteiger partial charge in [-0.25, -0.2) is 9.48 Å². The lowest BCUT2D eigenvalue weighted by atomic mass is 10.1. The minimum atomic E-state index is -0.874. The molecule has 0 aliphatic carbocycles. The van der Waals surface area contributed by atoms with Gasteiger partial charge >= 0.3 is 5.97 Å². The SMILES string of the molecule is Cc1cc(C)cc(-n2nc(C(=O)ON3C(=O)c4ccccc4C3=O)cc2C)c1. The molecule has 1 aliphatic heterocycles. The summed E-state index contributed by atoms with van der Waals surface area (Å²) in [6.07, 6.45) is 0. The Morgan fingerprint density at radius 1 is 0.893 bits per heavy atom. The van der Waals surface area contributed by atoms with Gasteiger partial charge in [-0.2, -0.15) is 5.10 Å². The first-order valence-corrected chi connectivity index (χ1v) is 8.70. The fourth-order valence-corrected chi connectivity index (χ4v) is 3.29. The number of hydrogen-bond donors (Lipinski definition) is 0. The van der Waals surface area contributed by atoms with Crippen molar-refractivity contribution >= 4 is 17.8 Å². The van der Waals surface area contributed by atoms with Crippen molar-refractivity contribution in [3.05, 3.63) is 82.2 Å². The predicted octanol–water partition coefficient (Wildman–Crippen LogP) is 3.17. The van der Waals surface area contributed by atoms with Gasteiger partial charge in [0.15, 0.2) is 5.69 Å². The first kappa shape index (κ1) is 17.7. The number of carbonyl (C=O) groups is 3. The van der Waals surface area contributed by atoms with Crippen LogP contribution in [0.1, 0.15) is 48.0 Å². The number of hydrogen-bond acceptors (Lipinski definition) is 5. The summed E-state index contributed by atoms with van der Waals surface area (Å²) in [5.74, 6) is -2.21. The second-order valence-electron chi connectivity index (χ2n) is 6.76. The molecule has 1 aliphatic rings. The molecule has 0 radical (unpaired) electrons. The number of nitrogens with zero attached hydrogens (tertiary/aromatic N) is 3. The van der Waals surface area contributed by atoms with E-state index >= 15 is 0 Å². The minimum Gasteiger partial charge on any atom is -0.322 e. The zero-order valence-corrected chi connectivity index (χ0v) is 15.6. The van der Waals surface area contributed by atoms with Crippen molar-refractivity contribution in [1.82, 2.24) is 14.8 Å². The van der Waals surface area contributed by atoms with Gasteiger partial charge < -0.3 is 4.84 Å². The number of carbonyl (C=O) groups excluding carboxylic acids is 3. The molecular weight excluding hydrogens is 358 g/mol. The van der Waals surface area contributed by atoms with Crippen molar-refractivity contribution in [2.24, 2.45) is 0 Å². The van der Waals surface area contributed by atoms with Gasteiger partial charge in [0.05, 0.1) is 16.8 Å². The highest BCUT2D eigenvalue weighted by Crippen LogP contribution is 2.23. The zero-order valence-electron chi connectivity index (χ0n) is 15.6. The summed E-state index contributed by atoms with van der Waals surface area (Å²) in [4.78, 5) is 42.3. The van der Waals surface area contributed by atoms with Gasteiger partial charge in [0.1, 0.15) is 0 Å². The Kier molecular flexibility index (Phi) is 4.07. The molecular formula is C21H17N3O4. The second-order valence-corrected chi connectivity index (χ2v) is 6.76. The van der Waals surface area contributed by atoms with Gasteiger partial charge in [-0.15, -0.1) is 0 Å². The fourth-order valence-electron chi connectivity index (χ4n) is 3.29. The zero-order chi connectivity index (χ0) is 20.0. The first-order valence-electron chi connectivity index (χ1n) is 8.70. The summed E-state index contributed by atoms with van der Waals surface area (Å²) >= 11 is 0. The van der Waals surface area contributed by atoms with Crippen molar-refractivity contribution in [3.63, 3.8) is 0 Å². The Balaban J connectivity index is 1.60. The molecule has 140 valence electrons. The summed E-state index contributed by atoms with van der Waals surface area (Å²) in [6, 6.07) is 13.8. The van der Waals surface area contributed by atoms with Crippen LogP contribution in [0.3, 0.4) is 0 Å². The molecule has 7 nitrogen and oxygen atoms in total. The Bertz CT molecular complexity index is 1090. The van der Waals surface area contributed by atoms with E-state index in [0.717, 1.165) is 22.5 Å². The van der Waals surface area contributed by atoms with Crippen molar-refractivity contribution < 1.29 is 19.2 Å². The van der Waals surface area contributed by atoms with Gasteiger partial charge in [-0.1, -0.05) is 23.3 Å². The second kappa shape index (κ2) is 6.45. The summed E-state index contributed by atoms with van der Waals surface area (Å²) in [7, 11) is 0. The lowest BCUT2D eigenvalue weighted by Gasteiger charge is -2.11. The third-order valence-electron chi connectivity index (χ3n) is 4.48. The smallest absolute Gasteiger partial charge is 0.322 e. The van der Waals surface area contributed by atoms with Crippen LogP contribution in [0.4, 0.5) is 0 Å². The molecule has 28 heavy (non-hydrogen) atoms. The molecule has 2 aromatic carbocycles. The van der Waals surface area contributed by atoms with Crippen LogP contribution in [0.15, 0.2) is 48.5 Å². The van der Waals surface area contributed by atoms with Crippen LogP contribution in [0.5, 0.6) is 0 Å². The Labute approximate surface area is 161 Å². The molecule has 2 amide bonds. The summed E-state index contributed by atoms with van der Waals surface area (Å²) in [5.41, 5.74) is 4.09. The molecule has 2 heterocycles. The molecule has 0 bridgehead atoms. The van der Waals surface area contributed by atoms with E-state index in [4.69, 9.17) is 4.84 Å². The molecule has 0 N–H and O–H groups in total. The van der Waals surface area contributed by atoms with Crippen molar-refractivity contribution in [2.75, 3.05) is 0 Å².